The van der Waals surface area contributed by atoms with Crippen LogP contribution in [0.1, 0.15) is 11.1 Å². The molecule has 0 atom stereocenters. The largest absolute Gasteiger partial charge is 0.463 e. The Kier molecular flexibility index (Phi) is 3.67. The number of aromatic nitrogens is 1. The minimum absolute atomic E-state index is 0.108. The maximum Gasteiger partial charge on any atom is 0.210 e. The fourth-order valence-corrected chi connectivity index (χ4v) is 3.54. The van der Waals surface area contributed by atoms with E-state index in [2.05, 4.69) is 9.98 Å². The van der Waals surface area contributed by atoms with Crippen molar-refractivity contribution >= 4 is 55.5 Å². The van der Waals surface area contributed by atoms with Crippen molar-refractivity contribution in [2.75, 3.05) is 0 Å². The summed E-state index contributed by atoms with van der Waals surface area (Å²) in [6.07, 6.45) is 2.91. The van der Waals surface area contributed by atoms with E-state index in [1.54, 1.807) is 12.1 Å². The second-order valence-electron chi connectivity index (χ2n) is 5.36. The fourth-order valence-electron chi connectivity index (χ4n) is 2.43. The highest BCUT2D eigenvalue weighted by molar-refractivity contribution is 7.22. The van der Waals surface area contributed by atoms with E-state index in [4.69, 9.17) is 16.0 Å². The molecule has 0 radical (unpaired) electrons. The number of halogens is 1. The number of fused-ring (bicyclic) bond motifs is 2. The average Bonchev–Trinajstić information content (AvgIpc) is 2.99. The average molecular weight is 355 g/mol. The molecule has 118 valence electrons. The number of thiazole rings is 1. The number of rotatable bonds is 2. The van der Waals surface area contributed by atoms with E-state index in [1.165, 1.54) is 23.8 Å². The number of aliphatic imine (C=N–C) groups is 1. The number of benzene rings is 2. The van der Waals surface area contributed by atoms with Crippen LogP contribution in [-0.4, -0.2) is 11.2 Å². The molecule has 0 bridgehead atoms. The lowest BCUT2D eigenvalue weighted by Crippen LogP contribution is -2.07. The van der Waals surface area contributed by atoms with Crippen molar-refractivity contribution in [1.29, 1.82) is 0 Å². The van der Waals surface area contributed by atoms with Gasteiger partial charge in [-0.15, -0.1) is 0 Å². The monoisotopic (exact) mass is 354 g/mol. The van der Waals surface area contributed by atoms with Crippen molar-refractivity contribution in [3.8, 4) is 0 Å². The molecule has 0 fully saturated rings. The lowest BCUT2D eigenvalue weighted by Gasteiger charge is -1.99. The van der Waals surface area contributed by atoms with Crippen LogP contribution >= 0.6 is 22.9 Å². The minimum atomic E-state index is -0.108. The van der Waals surface area contributed by atoms with Gasteiger partial charge in [0, 0.05) is 6.21 Å². The molecule has 2 heterocycles. The van der Waals surface area contributed by atoms with Crippen molar-refractivity contribution < 1.29 is 4.42 Å². The van der Waals surface area contributed by atoms with Gasteiger partial charge in [-0.1, -0.05) is 40.6 Å². The Morgan fingerprint density at radius 1 is 1.29 bits per heavy atom. The second kappa shape index (κ2) is 5.85. The van der Waals surface area contributed by atoms with Gasteiger partial charge in [0.15, 0.2) is 0 Å². The van der Waals surface area contributed by atoms with Crippen LogP contribution in [0.25, 0.3) is 21.2 Å². The van der Waals surface area contributed by atoms with Gasteiger partial charge in [-0.2, -0.15) is 0 Å². The maximum atomic E-state index is 12.5. The van der Waals surface area contributed by atoms with Gasteiger partial charge in [-0.25, -0.2) is 9.98 Å². The van der Waals surface area contributed by atoms with Gasteiger partial charge < -0.3 is 4.42 Å². The lowest BCUT2D eigenvalue weighted by molar-refractivity contribution is 0.601. The van der Waals surface area contributed by atoms with Crippen LogP contribution in [-0.2, 0) is 0 Å². The summed E-state index contributed by atoms with van der Waals surface area (Å²) < 4.78 is 6.47. The topological polar surface area (TPSA) is 55.5 Å². The second-order valence-corrected chi connectivity index (χ2v) is 6.78. The highest BCUT2D eigenvalue weighted by atomic mass is 35.5. The number of para-hydroxylation sites is 1. The summed E-state index contributed by atoms with van der Waals surface area (Å²) in [4.78, 5) is 21.2. The molecule has 0 amide bonds. The molecule has 4 nitrogen and oxygen atoms in total. The third-order valence-electron chi connectivity index (χ3n) is 3.63. The normalized spacial score (nSPS) is 11.8. The lowest BCUT2D eigenvalue weighted by atomic mass is 10.1. The van der Waals surface area contributed by atoms with Gasteiger partial charge >= 0.3 is 0 Å². The fraction of sp³-hybridized carbons (Fsp3) is 0.0556. The molecule has 0 spiro atoms. The Morgan fingerprint density at radius 3 is 3.00 bits per heavy atom. The summed E-state index contributed by atoms with van der Waals surface area (Å²) in [6.45, 7) is 1.94. The van der Waals surface area contributed by atoms with Crippen molar-refractivity contribution in [1.82, 2.24) is 4.98 Å². The van der Waals surface area contributed by atoms with Gasteiger partial charge in [-0.05, 0) is 31.2 Å². The summed E-state index contributed by atoms with van der Waals surface area (Å²) in [5.41, 5.74) is 2.57. The first-order valence-electron chi connectivity index (χ1n) is 7.23. The molecule has 0 saturated heterocycles. The van der Waals surface area contributed by atoms with E-state index in [9.17, 15) is 4.79 Å². The number of aryl methyl sites for hydroxylation is 1. The molecule has 0 aliphatic rings. The van der Waals surface area contributed by atoms with Crippen molar-refractivity contribution in [2.45, 2.75) is 6.92 Å². The molecule has 2 aromatic carbocycles. The van der Waals surface area contributed by atoms with E-state index in [0.29, 0.717) is 26.7 Å². The molecule has 0 aliphatic carbocycles. The zero-order valence-electron chi connectivity index (χ0n) is 12.6. The first-order chi connectivity index (χ1) is 11.6. The molecule has 0 unspecified atom stereocenters. The third-order valence-corrected chi connectivity index (χ3v) is 4.86. The Balaban J connectivity index is 1.77. The first kappa shape index (κ1) is 15.1. The van der Waals surface area contributed by atoms with Crippen LogP contribution in [0.5, 0.6) is 0 Å². The molecule has 0 N–H and O–H groups in total. The van der Waals surface area contributed by atoms with E-state index in [0.717, 1.165) is 15.8 Å². The summed E-state index contributed by atoms with van der Waals surface area (Å²) in [7, 11) is 0. The van der Waals surface area contributed by atoms with Crippen LogP contribution in [0.4, 0.5) is 5.13 Å². The third kappa shape index (κ3) is 2.62. The van der Waals surface area contributed by atoms with E-state index in [1.807, 2.05) is 31.2 Å². The zero-order valence-corrected chi connectivity index (χ0v) is 14.2. The van der Waals surface area contributed by atoms with Gasteiger partial charge in [0.2, 0.25) is 10.6 Å². The molecule has 0 aliphatic heterocycles. The van der Waals surface area contributed by atoms with Gasteiger partial charge in [0.1, 0.15) is 17.4 Å². The van der Waals surface area contributed by atoms with Crippen LogP contribution in [0.15, 0.2) is 56.9 Å². The van der Waals surface area contributed by atoms with E-state index < -0.39 is 0 Å². The van der Waals surface area contributed by atoms with Gasteiger partial charge in [-0.3, -0.25) is 4.79 Å². The van der Waals surface area contributed by atoms with Crippen molar-refractivity contribution in [3.05, 3.63) is 69.0 Å². The Labute approximate surface area is 146 Å². The van der Waals surface area contributed by atoms with Crippen molar-refractivity contribution in [2.24, 2.45) is 4.99 Å². The molecule has 6 heteroatoms. The zero-order chi connectivity index (χ0) is 16.7. The molecular weight excluding hydrogens is 344 g/mol. The van der Waals surface area contributed by atoms with Gasteiger partial charge in [0.25, 0.3) is 0 Å². The minimum Gasteiger partial charge on any atom is -0.463 e. The Hall–Kier alpha value is -2.50. The SMILES string of the molecule is Cc1ccc2occ(/C=N/c3nc4c(Cl)cccc4s3)c(=O)c2c1. The highest BCUT2D eigenvalue weighted by Gasteiger charge is 2.08. The summed E-state index contributed by atoms with van der Waals surface area (Å²) in [6, 6.07) is 11.1. The number of nitrogens with zero attached hydrogens (tertiary/aromatic N) is 2. The number of hydrogen-bond donors (Lipinski definition) is 0. The Morgan fingerprint density at radius 2 is 2.17 bits per heavy atom. The van der Waals surface area contributed by atoms with Gasteiger partial charge in [0.05, 0.1) is 20.7 Å². The summed E-state index contributed by atoms with van der Waals surface area (Å²) in [5, 5.41) is 1.68. The quantitative estimate of drug-likeness (QED) is 0.470. The highest BCUT2D eigenvalue weighted by Crippen LogP contribution is 2.32. The molecule has 4 aromatic rings. The van der Waals surface area contributed by atoms with E-state index >= 15 is 0 Å². The van der Waals surface area contributed by atoms with Crippen LogP contribution < -0.4 is 5.43 Å². The molecule has 4 rings (SSSR count). The molecule has 0 saturated carbocycles. The predicted molar refractivity (Wildman–Crippen MR) is 99.1 cm³/mol. The first-order valence-corrected chi connectivity index (χ1v) is 8.42. The van der Waals surface area contributed by atoms with Crippen LogP contribution in [0, 0.1) is 6.92 Å². The smallest absolute Gasteiger partial charge is 0.210 e. The maximum absolute atomic E-state index is 12.5. The van der Waals surface area contributed by atoms with Crippen molar-refractivity contribution in [3.63, 3.8) is 0 Å². The molecule has 2 aromatic heterocycles. The van der Waals surface area contributed by atoms with Crippen LogP contribution in [0.2, 0.25) is 5.02 Å². The van der Waals surface area contributed by atoms with Crippen LogP contribution in [0.3, 0.4) is 0 Å². The Bertz CT molecular complexity index is 1160. The standard InChI is InChI=1S/C18H11ClN2O2S/c1-10-5-6-14-12(7-10)17(22)11(9-23-14)8-20-18-21-16-13(19)3-2-4-15(16)24-18/h2-9H,1H3/b20-8+. The predicted octanol–water partition coefficient (Wildman–Crippen LogP) is 5.12. The molecule has 24 heavy (non-hydrogen) atoms. The van der Waals surface area contributed by atoms with E-state index in [-0.39, 0.29) is 5.43 Å². The summed E-state index contributed by atoms with van der Waals surface area (Å²) >= 11 is 7.54. The number of hydrogen-bond acceptors (Lipinski definition) is 5. The molecular formula is C18H11ClN2O2S. The summed E-state index contributed by atoms with van der Waals surface area (Å²) in [5.74, 6) is 0.